The number of carbonyl (C=O) groups excluding carboxylic acids is 1. The molecule has 0 radical (unpaired) electrons. The van der Waals surface area contributed by atoms with Gasteiger partial charge in [-0.2, -0.15) is 0 Å². The zero-order chi connectivity index (χ0) is 19.1. The summed E-state index contributed by atoms with van der Waals surface area (Å²) in [5.74, 6) is 0.203. The number of pyridine rings is 2. The Labute approximate surface area is 157 Å². The summed E-state index contributed by atoms with van der Waals surface area (Å²) in [6, 6.07) is 8.81. The molecule has 0 aliphatic carbocycles. The molecule has 0 N–H and O–H groups in total. The summed E-state index contributed by atoms with van der Waals surface area (Å²) in [6.07, 6.45) is 1.64. The minimum Gasteiger partial charge on any atom is -0.497 e. The van der Waals surface area contributed by atoms with Crippen molar-refractivity contribution in [3.63, 3.8) is 0 Å². The molecule has 0 saturated heterocycles. The third-order valence-electron chi connectivity index (χ3n) is 4.27. The number of rotatable bonds is 3. The molecule has 1 aromatic carbocycles. The van der Waals surface area contributed by atoms with E-state index in [-0.39, 0.29) is 11.1 Å². The largest absolute Gasteiger partial charge is 0.497 e. The van der Waals surface area contributed by atoms with Crippen molar-refractivity contribution in [2.24, 2.45) is 0 Å². The molecule has 0 saturated carbocycles. The summed E-state index contributed by atoms with van der Waals surface area (Å²) in [5.41, 5.74) is 1.79. The van der Waals surface area contributed by atoms with Gasteiger partial charge in [-0.25, -0.2) is 9.78 Å². The average molecular weight is 381 g/mol. The second kappa shape index (κ2) is 6.48. The Hall–Kier alpha value is -3.26. The van der Waals surface area contributed by atoms with E-state index in [2.05, 4.69) is 9.97 Å². The number of aryl methyl sites for hydroxylation is 1. The van der Waals surface area contributed by atoms with Gasteiger partial charge in [-0.15, -0.1) is 0 Å². The first-order chi connectivity index (χ1) is 13.0. The van der Waals surface area contributed by atoms with Gasteiger partial charge in [0.15, 0.2) is 5.13 Å². The van der Waals surface area contributed by atoms with E-state index in [4.69, 9.17) is 9.47 Å². The van der Waals surface area contributed by atoms with E-state index in [9.17, 15) is 9.59 Å². The molecule has 4 rings (SSSR count). The quantitative estimate of drug-likeness (QED) is 0.507. The van der Waals surface area contributed by atoms with E-state index in [0.717, 1.165) is 16.0 Å². The van der Waals surface area contributed by atoms with Crippen LogP contribution in [0.1, 0.15) is 16.1 Å². The number of hydrogen-bond donors (Lipinski definition) is 0. The highest BCUT2D eigenvalue weighted by Crippen LogP contribution is 2.28. The van der Waals surface area contributed by atoms with Gasteiger partial charge < -0.3 is 9.47 Å². The van der Waals surface area contributed by atoms with E-state index in [1.807, 2.05) is 18.2 Å². The molecule has 0 bridgehead atoms. The Kier molecular flexibility index (Phi) is 4.12. The van der Waals surface area contributed by atoms with Crippen molar-refractivity contribution in [3.05, 3.63) is 58.1 Å². The van der Waals surface area contributed by atoms with Crippen LogP contribution in [0, 0.1) is 6.92 Å². The Bertz CT molecular complexity index is 1260. The molecular formula is C19H15N3O4S. The summed E-state index contributed by atoms with van der Waals surface area (Å²) in [7, 11) is 2.90. The molecule has 4 aromatic rings. The molecule has 8 heteroatoms. The fraction of sp³-hybridized carbons (Fsp3) is 0.158. The van der Waals surface area contributed by atoms with Gasteiger partial charge in [0.1, 0.15) is 5.75 Å². The van der Waals surface area contributed by atoms with E-state index >= 15 is 0 Å². The predicted molar refractivity (Wildman–Crippen MR) is 103 cm³/mol. The summed E-state index contributed by atoms with van der Waals surface area (Å²) < 4.78 is 12.4. The average Bonchev–Trinajstić information content (AvgIpc) is 3.10. The SMILES string of the molecule is COC(=O)c1cc2c(=O)n(-c3nc4ccc(OC)cc4s3)ccc2nc1C. The molecule has 27 heavy (non-hydrogen) atoms. The fourth-order valence-corrected chi connectivity index (χ4v) is 3.83. The van der Waals surface area contributed by atoms with Crippen LogP contribution in [0.3, 0.4) is 0 Å². The van der Waals surface area contributed by atoms with E-state index in [1.165, 1.54) is 29.1 Å². The van der Waals surface area contributed by atoms with Gasteiger partial charge in [-0.1, -0.05) is 11.3 Å². The van der Waals surface area contributed by atoms with Crippen LogP contribution in [0.5, 0.6) is 5.75 Å². The van der Waals surface area contributed by atoms with Gasteiger partial charge in [-0.3, -0.25) is 14.3 Å². The number of methoxy groups -OCH3 is 2. The molecule has 7 nitrogen and oxygen atoms in total. The molecule has 3 aromatic heterocycles. The van der Waals surface area contributed by atoms with Crippen molar-refractivity contribution in [3.8, 4) is 10.9 Å². The maximum absolute atomic E-state index is 13.0. The van der Waals surface area contributed by atoms with Crippen LogP contribution >= 0.6 is 11.3 Å². The standard InChI is InChI=1S/C19H15N3O4S/c1-10-12(18(24)26-3)9-13-14(20-10)6-7-22(17(13)23)19-21-15-5-4-11(25-2)8-16(15)27-19/h4-9H,1-3H3. The lowest BCUT2D eigenvalue weighted by atomic mass is 10.1. The van der Waals surface area contributed by atoms with Crippen LogP contribution in [0.15, 0.2) is 41.3 Å². The van der Waals surface area contributed by atoms with Crippen LogP contribution in [0.25, 0.3) is 26.3 Å². The highest BCUT2D eigenvalue weighted by atomic mass is 32.1. The summed E-state index contributed by atoms with van der Waals surface area (Å²) in [4.78, 5) is 33.8. The molecule has 0 unspecified atom stereocenters. The first kappa shape index (κ1) is 17.2. The lowest BCUT2D eigenvalue weighted by Crippen LogP contribution is -2.19. The van der Waals surface area contributed by atoms with Crippen molar-refractivity contribution in [1.29, 1.82) is 0 Å². The number of benzene rings is 1. The van der Waals surface area contributed by atoms with Crippen LogP contribution in [0.2, 0.25) is 0 Å². The second-order valence-electron chi connectivity index (χ2n) is 5.87. The van der Waals surface area contributed by atoms with Crippen molar-refractivity contribution < 1.29 is 14.3 Å². The molecule has 136 valence electrons. The molecule has 0 amide bonds. The molecule has 0 spiro atoms. The summed E-state index contributed by atoms with van der Waals surface area (Å²) in [6.45, 7) is 1.71. The van der Waals surface area contributed by atoms with E-state index in [0.29, 0.717) is 21.7 Å². The monoisotopic (exact) mass is 381 g/mol. The number of nitrogens with zero attached hydrogens (tertiary/aromatic N) is 3. The zero-order valence-electron chi connectivity index (χ0n) is 14.8. The molecule has 0 fully saturated rings. The highest BCUT2D eigenvalue weighted by Gasteiger charge is 2.16. The first-order valence-corrected chi connectivity index (χ1v) is 8.89. The lowest BCUT2D eigenvalue weighted by Gasteiger charge is -2.07. The third-order valence-corrected chi connectivity index (χ3v) is 5.29. The van der Waals surface area contributed by atoms with E-state index in [1.54, 1.807) is 26.3 Å². The predicted octanol–water partition coefficient (Wildman–Crippen LogP) is 3.10. The smallest absolute Gasteiger partial charge is 0.339 e. The third kappa shape index (κ3) is 2.83. The Balaban J connectivity index is 1.92. The topological polar surface area (TPSA) is 83.3 Å². The number of esters is 1. The van der Waals surface area contributed by atoms with Crippen molar-refractivity contribution in [2.45, 2.75) is 6.92 Å². The van der Waals surface area contributed by atoms with Gasteiger partial charge in [0.25, 0.3) is 5.56 Å². The molecule has 3 heterocycles. The minimum absolute atomic E-state index is 0.272. The number of fused-ring (bicyclic) bond motifs is 2. The maximum Gasteiger partial charge on any atom is 0.339 e. The summed E-state index contributed by atoms with van der Waals surface area (Å²) in [5, 5.41) is 0.866. The van der Waals surface area contributed by atoms with Crippen molar-refractivity contribution >= 4 is 38.4 Å². The zero-order valence-corrected chi connectivity index (χ0v) is 15.7. The van der Waals surface area contributed by atoms with Gasteiger partial charge in [-0.05, 0) is 37.3 Å². The van der Waals surface area contributed by atoms with Crippen molar-refractivity contribution in [1.82, 2.24) is 14.5 Å². The number of hydrogen-bond acceptors (Lipinski definition) is 7. The molecule has 0 atom stereocenters. The highest BCUT2D eigenvalue weighted by molar-refractivity contribution is 7.20. The Morgan fingerprint density at radius 3 is 2.67 bits per heavy atom. The Morgan fingerprint density at radius 1 is 1.11 bits per heavy atom. The molecule has 0 aliphatic heterocycles. The maximum atomic E-state index is 13.0. The fourth-order valence-electron chi connectivity index (χ4n) is 2.85. The number of aromatic nitrogens is 3. The normalized spacial score (nSPS) is 11.1. The number of ether oxygens (including phenoxy) is 2. The van der Waals surface area contributed by atoms with Gasteiger partial charge >= 0.3 is 5.97 Å². The van der Waals surface area contributed by atoms with Crippen LogP contribution in [-0.2, 0) is 4.74 Å². The van der Waals surface area contributed by atoms with Gasteiger partial charge in [0, 0.05) is 6.20 Å². The van der Waals surface area contributed by atoms with Gasteiger partial charge in [0.2, 0.25) is 0 Å². The number of carbonyl (C=O) groups is 1. The van der Waals surface area contributed by atoms with Crippen LogP contribution in [0.4, 0.5) is 0 Å². The summed E-state index contributed by atoms with van der Waals surface area (Å²) >= 11 is 1.38. The van der Waals surface area contributed by atoms with Crippen molar-refractivity contribution in [2.75, 3.05) is 14.2 Å². The van der Waals surface area contributed by atoms with Gasteiger partial charge in [0.05, 0.1) is 46.6 Å². The number of thiazole rings is 1. The molecule has 0 aliphatic rings. The minimum atomic E-state index is -0.524. The van der Waals surface area contributed by atoms with Crippen LogP contribution in [-0.4, -0.2) is 34.7 Å². The molecular weight excluding hydrogens is 366 g/mol. The first-order valence-electron chi connectivity index (χ1n) is 8.08. The second-order valence-corrected chi connectivity index (χ2v) is 6.88. The van der Waals surface area contributed by atoms with E-state index < -0.39 is 5.97 Å². The van der Waals surface area contributed by atoms with Crippen LogP contribution < -0.4 is 10.3 Å². The lowest BCUT2D eigenvalue weighted by molar-refractivity contribution is 0.0599. The Morgan fingerprint density at radius 2 is 1.93 bits per heavy atom.